The van der Waals surface area contributed by atoms with Gasteiger partial charge in [-0.05, 0) is 43.2 Å². The van der Waals surface area contributed by atoms with Crippen LogP contribution >= 0.6 is 0 Å². The number of nitrogens with zero attached hydrogens (tertiary/aromatic N) is 2. The molecule has 1 heterocycles. The van der Waals surface area contributed by atoms with Crippen LogP contribution in [0, 0.1) is 17.8 Å². The Morgan fingerprint density at radius 2 is 1.82 bits per heavy atom. The van der Waals surface area contributed by atoms with E-state index in [2.05, 4.69) is 29.1 Å². The molecule has 3 atom stereocenters. The number of ether oxygens (including phenoxy) is 1. The van der Waals surface area contributed by atoms with Crippen LogP contribution in [0.4, 0.5) is 0 Å². The van der Waals surface area contributed by atoms with Crippen LogP contribution in [0.2, 0.25) is 0 Å². The molecule has 7 heteroatoms. The number of para-hydroxylation sites is 2. The van der Waals surface area contributed by atoms with E-state index in [9.17, 15) is 14.7 Å². The summed E-state index contributed by atoms with van der Waals surface area (Å²) in [5.41, 5.74) is 1.45. The number of carbonyl (C=O) groups is 2. The summed E-state index contributed by atoms with van der Waals surface area (Å²) in [6.07, 6.45) is 7.00. The molecule has 180 valence electrons. The van der Waals surface area contributed by atoms with Gasteiger partial charge in [0.15, 0.2) is 5.69 Å². The van der Waals surface area contributed by atoms with Gasteiger partial charge < -0.3 is 15.2 Å². The molecule has 1 aromatic heterocycles. The molecule has 7 nitrogen and oxygen atoms in total. The van der Waals surface area contributed by atoms with Crippen LogP contribution in [0.25, 0.3) is 11.0 Å². The Morgan fingerprint density at radius 3 is 2.48 bits per heavy atom. The van der Waals surface area contributed by atoms with Crippen molar-refractivity contribution in [2.45, 2.75) is 77.4 Å². The van der Waals surface area contributed by atoms with Gasteiger partial charge in [0.25, 0.3) is 0 Å². The van der Waals surface area contributed by atoms with Gasteiger partial charge in [0, 0.05) is 13.0 Å². The molecular weight excluding hydrogens is 418 g/mol. The van der Waals surface area contributed by atoms with Crippen molar-refractivity contribution in [2.75, 3.05) is 7.05 Å². The van der Waals surface area contributed by atoms with Crippen molar-refractivity contribution in [1.82, 2.24) is 15.3 Å². The number of aliphatic hydroxyl groups is 1. The Morgan fingerprint density at radius 1 is 1.12 bits per heavy atom. The zero-order valence-electron chi connectivity index (χ0n) is 20.0. The van der Waals surface area contributed by atoms with E-state index in [4.69, 9.17) is 4.74 Å². The summed E-state index contributed by atoms with van der Waals surface area (Å²) >= 11 is 0. The predicted octanol–water partition coefficient (Wildman–Crippen LogP) is 4.28. The first-order valence-electron chi connectivity index (χ1n) is 12.2. The maximum absolute atomic E-state index is 13.0. The summed E-state index contributed by atoms with van der Waals surface area (Å²) in [6, 6.07) is 7.34. The van der Waals surface area contributed by atoms with Crippen LogP contribution in [-0.4, -0.2) is 46.2 Å². The maximum Gasteiger partial charge on any atom is 0.358 e. The second-order valence-electron chi connectivity index (χ2n) is 9.67. The molecule has 2 aromatic rings. The van der Waals surface area contributed by atoms with Gasteiger partial charge in [-0.2, -0.15) is 0 Å². The van der Waals surface area contributed by atoms with E-state index in [1.807, 2.05) is 18.2 Å². The highest BCUT2D eigenvalue weighted by atomic mass is 16.6. The molecule has 33 heavy (non-hydrogen) atoms. The van der Waals surface area contributed by atoms with Crippen LogP contribution < -0.4 is 5.32 Å². The first-order valence-corrected chi connectivity index (χ1v) is 12.2. The lowest BCUT2D eigenvalue weighted by molar-refractivity contribution is -0.127. The zero-order chi connectivity index (χ0) is 23.8. The second kappa shape index (κ2) is 12.1. The first kappa shape index (κ1) is 25.1. The molecule has 1 amide bonds. The first-order chi connectivity index (χ1) is 15.9. The maximum atomic E-state index is 13.0. The van der Waals surface area contributed by atoms with Gasteiger partial charge in [0.2, 0.25) is 5.91 Å². The predicted molar refractivity (Wildman–Crippen MR) is 128 cm³/mol. The highest BCUT2D eigenvalue weighted by molar-refractivity contribution is 5.89. The van der Waals surface area contributed by atoms with Gasteiger partial charge in [-0.15, -0.1) is 0 Å². The van der Waals surface area contributed by atoms with Gasteiger partial charge in [0.05, 0.1) is 23.3 Å². The fraction of sp³-hybridized carbons (Fsp3) is 0.615. The van der Waals surface area contributed by atoms with Crippen LogP contribution in [0.5, 0.6) is 0 Å². The fourth-order valence-corrected chi connectivity index (χ4v) is 4.82. The number of benzene rings is 1. The molecule has 0 aliphatic heterocycles. The molecule has 3 rings (SSSR count). The minimum absolute atomic E-state index is 0.0918. The molecule has 0 saturated heterocycles. The number of aromatic nitrogens is 2. The molecule has 0 radical (unpaired) electrons. The van der Waals surface area contributed by atoms with Crippen molar-refractivity contribution in [3.05, 3.63) is 36.2 Å². The van der Waals surface area contributed by atoms with Crippen LogP contribution in [-0.2, 0) is 9.53 Å². The van der Waals surface area contributed by atoms with E-state index < -0.39 is 18.2 Å². The van der Waals surface area contributed by atoms with Gasteiger partial charge >= 0.3 is 5.97 Å². The lowest BCUT2D eigenvalue weighted by Gasteiger charge is -2.31. The van der Waals surface area contributed by atoms with E-state index in [1.54, 1.807) is 13.1 Å². The number of hydrogen-bond donors (Lipinski definition) is 2. The van der Waals surface area contributed by atoms with E-state index in [1.165, 1.54) is 12.6 Å². The van der Waals surface area contributed by atoms with Crippen LogP contribution in [0.3, 0.4) is 0 Å². The molecule has 0 unspecified atom stereocenters. The Kier molecular flexibility index (Phi) is 9.18. The molecule has 0 spiro atoms. The number of hydrogen-bond acceptors (Lipinski definition) is 6. The molecule has 1 saturated carbocycles. The monoisotopic (exact) mass is 455 g/mol. The molecule has 1 aliphatic rings. The molecular formula is C26H37N3O4. The van der Waals surface area contributed by atoms with Crippen molar-refractivity contribution in [2.24, 2.45) is 17.8 Å². The number of nitrogens with one attached hydrogen (secondary N) is 1. The highest BCUT2D eigenvalue weighted by Gasteiger charge is 2.32. The molecule has 0 bridgehead atoms. The largest absolute Gasteiger partial charge is 0.455 e. The standard InChI is InChI=1S/C26H37N3O4/c1-17(2)13-19(25(31)27-3)15-23(30)24(14-18-9-5-4-6-10-18)33-26(32)22-16-28-20-11-7-8-12-21(20)29-22/h7-8,11-12,16-19,23-24,30H,4-6,9-10,13-15H2,1-3H3,(H,27,31)/t19-,23+,24+/m1/s1. The number of aliphatic hydroxyl groups excluding tert-OH is 1. The average Bonchev–Trinajstić information content (AvgIpc) is 2.82. The summed E-state index contributed by atoms with van der Waals surface area (Å²) in [5.74, 6) is -0.304. The lowest BCUT2D eigenvalue weighted by Crippen LogP contribution is -2.38. The zero-order valence-corrected chi connectivity index (χ0v) is 20.0. The number of fused-ring (bicyclic) bond motifs is 1. The Hall–Kier alpha value is -2.54. The van der Waals surface area contributed by atoms with Crippen molar-refractivity contribution in [3.63, 3.8) is 0 Å². The topological polar surface area (TPSA) is 101 Å². The number of rotatable bonds is 10. The van der Waals surface area contributed by atoms with E-state index in [0.717, 1.165) is 25.7 Å². The molecule has 1 aliphatic carbocycles. The summed E-state index contributed by atoms with van der Waals surface area (Å²) in [6.45, 7) is 4.11. The van der Waals surface area contributed by atoms with Crippen LogP contribution in [0.1, 0.15) is 75.7 Å². The van der Waals surface area contributed by atoms with Crippen LogP contribution in [0.15, 0.2) is 30.5 Å². The van der Waals surface area contributed by atoms with E-state index >= 15 is 0 Å². The fourth-order valence-electron chi connectivity index (χ4n) is 4.82. The average molecular weight is 456 g/mol. The Balaban J connectivity index is 1.76. The summed E-state index contributed by atoms with van der Waals surface area (Å²) in [4.78, 5) is 34.1. The number of amides is 1. The molecule has 1 aromatic carbocycles. The Labute approximate surface area is 196 Å². The van der Waals surface area contributed by atoms with Crippen molar-refractivity contribution in [3.8, 4) is 0 Å². The second-order valence-corrected chi connectivity index (χ2v) is 9.67. The summed E-state index contributed by atoms with van der Waals surface area (Å²) < 4.78 is 5.85. The van der Waals surface area contributed by atoms with Gasteiger partial charge in [-0.3, -0.25) is 9.78 Å². The van der Waals surface area contributed by atoms with Crippen molar-refractivity contribution in [1.29, 1.82) is 0 Å². The Bertz CT molecular complexity index is 927. The summed E-state index contributed by atoms with van der Waals surface area (Å²) in [7, 11) is 1.61. The minimum atomic E-state index is -0.926. The van der Waals surface area contributed by atoms with Crippen molar-refractivity contribution < 1.29 is 19.4 Å². The molecule has 2 N–H and O–H groups in total. The smallest absolute Gasteiger partial charge is 0.358 e. The van der Waals surface area contributed by atoms with E-state index in [-0.39, 0.29) is 23.9 Å². The minimum Gasteiger partial charge on any atom is -0.455 e. The third kappa shape index (κ3) is 7.22. The van der Waals surface area contributed by atoms with Crippen molar-refractivity contribution >= 4 is 22.9 Å². The van der Waals surface area contributed by atoms with Gasteiger partial charge in [-0.1, -0.05) is 58.1 Å². The SMILES string of the molecule is CNC(=O)[C@H](CC(C)C)C[C@H](O)[C@H](CC1CCCCC1)OC(=O)c1cnc2ccccc2n1. The number of esters is 1. The normalized spacial score (nSPS) is 17.5. The van der Waals surface area contributed by atoms with Gasteiger partial charge in [-0.25, -0.2) is 9.78 Å². The third-order valence-electron chi connectivity index (χ3n) is 6.53. The van der Waals surface area contributed by atoms with Gasteiger partial charge in [0.1, 0.15) is 6.10 Å². The summed E-state index contributed by atoms with van der Waals surface area (Å²) in [5, 5.41) is 13.8. The highest BCUT2D eigenvalue weighted by Crippen LogP contribution is 2.31. The molecule has 1 fully saturated rings. The lowest BCUT2D eigenvalue weighted by atomic mass is 9.82. The third-order valence-corrected chi connectivity index (χ3v) is 6.53. The quantitative estimate of drug-likeness (QED) is 0.519. The van der Waals surface area contributed by atoms with E-state index in [0.29, 0.717) is 35.7 Å². The number of carbonyl (C=O) groups excluding carboxylic acids is 2.